The monoisotopic (exact) mass is 361 g/mol. The van der Waals surface area contributed by atoms with Crippen molar-refractivity contribution in [3.8, 4) is 28.6 Å². The van der Waals surface area contributed by atoms with Crippen LogP contribution in [0.1, 0.15) is 18.4 Å². The summed E-state index contributed by atoms with van der Waals surface area (Å²) in [7, 11) is 1.65. The zero-order chi connectivity index (χ0) is 18.5. The molecule has 5 heteroatoms. The normalized spacial score (nSPS) is 14.3. The number of rotatable bonds is 6. The molecule has 1 aliphatic rings. The van der Waals surface area contributed by atoms with Crippen LogP contribution in [0.2, 0.25) is 0 Å². The third-order valence-corrected chi connectivity index (χ3v) is 4.76. The molecule has 0 amide bonds. The number of hydrogen-bond donors (Lipinski definition) is 0. The smallest absolute Gasteiger partial charge is 0.239 e. The van der Waals surface area contributed by atoms with E-state index in [0.717, 1.165) is 30.9 Å². The number of likely N-dealkylation sites (tertiary alicyclic amines) is 1. The second-order valence-electron chi connectivity index (χ2n) is 6.69. The lowest BCUT2D eigenvalue weighted by Crippen LogP contribution is -2.18. The predicted molar refractivity (Wildman–Crippen MR) is 105 cm³/mol. The molecule has 0 aliphatic carbocycles. The van der Waals surface area contributed by atoms with Crippen LogP contribution in [0.15, 0.2) is 60.7 Å². The molecule has 2 aromatic carbocycles. The Morgan fingerprint density at radius 2 is 1.70 bits per heavy atom. The van der Waals surface area contributed by atoms with E-state index in [2.05, 4.69) is 21.2 Å². The highest BCUT2D eigenvalue weighted by molar-refractivity contribution is 5.58. The lowest BCUT2D eigenvalue weighted by Gasteiger charge is -2.16. The first kappa shape index (κ1) is 17.5. The Hall–Kier alpha value is -2.92. The van der Waals surface area contributed by atoms with Gasteiger partial charge in [-0.15, -0.1) is 10.2 Å². The van der Waals surface area contributed by atoms with Gasteiger partial charge in [0.15, 0.2) is 11.5 Å². The van der Waals surface area contributed by atoms with Crippen LogP contribution in [0.25, 0.3) is 11.3 Å². The SMILES string of the molecule is COc1ccc(CN2CCCC2)cc1Oc1ccc(-c2ccccc2)nn1. The molecule has 0 spiro atoms. The van der Waals surface area contributed by atoms with Crippen LogP contribution in [0.3, 0.4) is 0 Å². The summed E-state index contributed by atoms with van der Waals surface area (Å²) >= 11 is 0. The maximum atomic E-state index is 5.98. The van der Waals surface area contributed by atoms with Crippen molar-refractivity contribution >= 4 is 0 Å². The molecular weight excluding hydrogens is 338 g/mol. The van der Waals surface area contributed by atoms with Gasteiger partial charge in [-0.25, -0.2) is 0 Å². The molecule has 0 saturated carbocycles. The minimum absolute atomic E-state index is 0.450. The summed E-state index contributed by atoms with van der Waals surface area (Å²) in [6.45, 7) is 3.25. The lowest BCUT2D eigenvalue weighted by atomic mass is 10.1. The highest BCUT2D eigenvalue weighted by Crippen LogP contribution is 2.32. The second-order valence-corrected chi connectivity index (χ2v) is 6.69. The summed E-state index contributed by atoms with van der Waals surface area (Å²) in [5, 5.41) is 8.50. The van der Waals surface area contributed by atoms with E-state index in [0.29, 0.717) is 17.4 Å². The summed E-state index contributed by atoms with van der Waals surface area (Å²) < 4.78 is 11.4. The average Bonchev–Trinajstić information content (AvgIpc) is 3.23. The molecule has 27 heavy (non-hydrogen) atoms. The van der Waals surface area contributed by atoms with Crippen molar-refractivity contribution in [1.82, 2.24) is 15.1 Å². The molecule has 1 fully saturated rings. The molecule has 3 aromatic rings. The fourth-order valence-corrected chi connectivity index (χ4v) is 3.35. The van der Waals surface area contributed by atoms with Crippen LogP contribution < -0.4 is 9.47 Å². The Bertz CT molecular complexity index is 876. The molecule has 4 rings (SSSR count). The van der Waals surface area contributed by atoms with Gasteiger partial charge in [0.25, 0.3) is 0 Å². The molecule has 0 atom stereocenters. The first-order valence-electron chi connectivity index (χ1n) is 9.28. The van der Waals surface area contributed by atoms with E-state index in [-0.39, 0.29) is 0 Å². The molecule has 0 unspecified atom stereocenters. The molecule has 0 bridgehead atoms. The van der Waals surface area contributed by atoms with Crippen LogP contribution in [-0.4, -0.2) is 35.3 Å². The van der Waals surface area contributed by atoms with Gasteiger partial charge in [-0.3, -0.25) is 4.90 Å². The summed E-state index contributed by atoms with van der Waals surface area (Å²) in [5.41, 5.74) is 3.06. The first-order valence-corrected chi connectivity index (χ1v) is 9.28. The number of benzene rings is 2. The van der Waals surface area contributed by atoms with Crippen molar-refractivity contribution in [2.45, 2.75) is 19.4 Å². The van der Waals surface area contributed by atoms with Gasteiger partial charge >= 0.3 is 0 Å². The molecule has 0 N–H and O–H groups in total. The van der Waals surface area contributed by atoms with Crippen LogP contribution in [-0.2, 0) is 6.54 Å². The maximum Gasteiger partial charge on any atom is 0.239 e. The Labute approximate surface area is 159 Å². The predicted octanol–water partition coefficient (Wildman–Crippen LogP) is 4.54. The Balaban J connectivity index is 1.52. The second kappa shape index (κ2) is 8.18. The Kier molecular flexibility index (Phi) is 5.30. The highest BCUT2D eigenvalue weighted by atomic mass is 16.5. The van der Waals surface area contributed by atoms with Crippen molar-refractivity contribution in [1.29, 1.82) is 0 Å². The summed E-state index contributed by atoms with van der Waals surface area (Å²) in [6.07, 6.45) is 2.56. The number of nitrogens with zero attached hydrogens (tertiary/aromatic N) is 3. The van der Waals surface area contributed by atoms with Gasteiger partial charge in [-0.05, 0) is 49.7 Å². The molecule has 1 aliphatic heterocycles. The van der Waals surface area contributed by atoms with Gasteiger partial charge in [0.2, 0.25) is 5.88 Å². The number of methoxy groups -OCH3 is 1. The summed E-state index contributed by atoms with van der Waals surface area (Å²) in [4.78, 5) is 2.46. The van der Waals surface area contributed by atoms with Gasteiger partial charge in [0.05, 0.1) is 12.8 Å². The maximum absolute atomic E-state index is 5.98. The molecular formula is C22H23N3O2. The van der Waals surface area contributed by atoms with Crippen LogP contribution in [0.4, 0.5) is 0 Å². The van der Waals surface area contributed by atoms with E-state index in [1.54, 1.807) is 7.11 Å². The van der Waals surface area contributed by atoms with E-state index in [9.17, 15) is 0 Å². The fourth-order valence-electron chi connectivity index (χ4n) is 3.35. The molecule has 1 saturated heterocycles. The van der Waals surface area contributed by atoms with Crippen molar-refractivity contribution in [2.75, 3.05) is 20.2 Å². The summed E-state index contributed by atoms with van der Waals surface area (Å²) in [5.74, 6) is 1.80. The lowest BCUT2D eigenvalue weighted by molar-refractivity contribution is 0.329. The van der Waals surface area contributed by atoms with E-state index in [4.69, 9.17) is 9.47 Å². The van der Waals surface area contributed by atoms with Gasteiger partial charge in [0, 0.05) is 18.2 Å². The molecule has 0 radical (unpaired) electrons. The van der Waals surface area contributed by atoms with Gasteiger partial charge in [0.1, 0.15) is 0 Å². The highest BCUT2D eigenvalue weighted by Gasteiger charge is 2.14. The van der Waals surface area contributed by atoms with Gasteiger partial charge in [-0.2, -0.15) is 0 Å². The van der Waals surface area contributed by atoms with Gasteiger partial charge in [-0.1, -0.05) is 36.4 Å². The van der Waals surface area contributed by atoms with Gasteiger partial charge < -0.3 is 9.47 Å². The van der Waals surface area contributed by atoms with Crippen molar-refractivity contribution in [3.05, 3.63) is 66.2 Å². The number of hydrogen-bond acceptors (Lipinski definition) is 5. The Morgan fingerprint density at radius 1 is 0.889 bits per heavy atom. The van der Waals surface area contributed by atoms with Crippen LogP contribution in [0.5, 0.6) is 17.4 Å². The minimum Gasteiger partial charge on any atom is -0.493 e. The average molecular weight is 361 g/mol. The Morgan fingerprint density at radius 3 is 2.41 bits per heavy atom. The first-order chi connectivity index (χ1) is 13.3. The van der Waals surface area contributed by atoms with Crippen LogP contribution >= 0.6 is 0 Å². The number of ether oxygens (including phenoxy) is 2. The quantitative estimate of drug-likeness (QED) is 0.645. The zero-order valence-corrected chi connectivity index (χ0v) is 15.5. The minimum atomic E-state index is 0.450. The molecule has 138 valence electrons. The fraction of sp³-hybridized carbons (Fsp3) is 0.273. The van der Waals surface area contributed by atoms with E-state index in [1.165, 1.54) is 18.4 Å². The van der Waals surface area contributed by atoms with E-state index < -0.39 is 0 Å². The third kappa shape index (κ3) is 4.26. The van der Waals surface area contributed by atoms with Crippen LogP contribution in [0, 0.1) is 0 Å². The molecule has 1 aromatic heterocycles. The third-order valence-electron chi connectivity index (χ3n) is 4.76. The molecule has 5 nitrogen and oxygen atoms in total. The van der Waals surface area contributed by atoms with E-state index in [1.807, 2.05) is 54.6 Å². The zero-order valence-electron chi connectivity index (χ0n) is 15.5. The number of aromatic nitrogens is 2. The van der Waals surface area contributed by atoms with E-state index >= 15 is 0 Å². The largest absolute Gasteiger partial charge is 0.493 e. The standard InChI is InChI=1S/C22H23N3O2/c1-26-20-11-9-17(16-25-13-5-6-14-25)15-21(20)27-22-12-10-19(23-24-22)18-7-3-2-4-8-18/h2-4,7-12,15H,5-6,13-14,16H2,1H3. The van der Waals surface area contributed by atoms with Crippen molar-refractivity contribution < 1.29 is 9.47 Å². The van der Waals surface area contributed by atoms with Crippen molar-refractivity contribution in [3.63, 3.8) is 0 Å². The van der Waals surface area contributed by atoms with Crippen molar-refractivity contribution in [2.24, 2.45) is 0 Å². The topological polar surface area (TPSA) is 47.5 Å². The molecule has 2 heterocycles. The summed E-state index contributed by atoms with van der Waals surface area (Å²) in [6, 6.07) is 19.8.